The van der Waals surface area contributed by atoms with Gasteiger partial charge in [-0.3, -0.25) is 0 Å². The first-order chi connectivity index (χ1) is 9.55. The summed E-state index contributed by atoms with van der Waals surface area (Å²) < 4.78 is 38.5. The normalized spacial score (nSPS) is 15.8. The minimum Gasteiger partial charge on any atom is -0.310 e. The van der Waals surface area contributed by atoms with Gasteiger partial charge in [0.15, 0.2) is 0 Å². The minimum absolute atomic E-state index is 0.0495. The van der Waals surface area contributed by atoms with Crippen LogP contribution in [-0.4, -0.2) is 6.54 Å². The third-order valence-corrected chi connectivity index (χ3v) is 4.13. The lowest BCUT2D eigenvalue weighted by molar-refractivity contribution is -0.137. The van der Waals surface area contributed by atoms with Crippen molar-refractivity contribution in [2.24, 2.45) is 11.3 Å². The largest absolute Gasteiger partial charge is 0.416 e. The van der Waals surface area contributed by atoms with Gasteiger partial charge in [0.25, 0.3) is 0 Å². The molecule has 2 unspecified atom stereocenters. The summed E-state index contributed by atoms with van der Waals surface area (Å²) in [4.78, 5) is 0. The second-order valence-electron chi connectivity index (χ2n) is 6.74. The summed E-state index contributed by atoms with van der Waals surface area (Å²) in [5.41, 5.74) is 0.268. The van der Waals surface area contributed by atoms with Crippen LogP contribution in [0.4, 0.5) is 13.2 Å². The van der Waals surface area contributed by atoms with Crippen LogP contribution in [0.2, 0.25) is 0 Å². The van der Waals surface area contributed by atoms with E-state index in [0.29, 0.717) is 11.5 Å². The molecule has 0 heterocycles. The highest BCUT2D eigenvalue weighted by Crippen LogP contribution is 2.35. The Bertz CT molecular complexity index is 446. The fourth-order valence-electron chi connectivity index (χ4n) is 2.22. The van der Waals surface area contributed by atoms with Gasteiger partial charge in [-0.05, 0) is 42.0 Å². The van der Waals surface area contributed by atoms with E-state index in [1.807, 2.05) is 6.92 Å². The monoisotopic (exact) mass is 301 g/mol. The molecule has 0 aliphatic heterocycles. The fourth-order valence-corrected chi connectivity index (χ4v) is 2.22. The Morgan fingerprint density at radius 2 is 1.76 bits per heavy atom. The van der Waals surface area contributed by atoms with Gasteiger partial charge >= 0.3 is 6.18 Å². The van der Waals surface area contributed by atoms with Gasteiger partial charge in [-0.25, -0.2) is 0 Å². The predicted molar refractivity (Wildman–Crippen MR) is 81.1 cm³/mol. The first-order valence-corrected chi connectivity index (χ1v) is 7.46. The molecule has 1 N–H and O–H groups in total. The van der Waals surface area contributed by atoms with E-state index >= 15 is 0 Å². The summed E-state index contributed by atoms with van der Waals surface area (Å²) >= 11 is 0. The van der Waals surface area contributed by atoms with E-state index in [1.165, 1.54) is 12.1 Å². The first kappa shape index (κ1) is 18.0. The number of hydrogen-bond acceptors (Lipinski definition) is 1. The summed E-state index contributed by atoms with van der Waals surface area (Å²) in [6, 6.07) is 5.61. The Morgan fingerprint density at radius 3 is 2.24 bits per heavy atom. The van der Waals surface area contributed by atoms with Crippen molar-refractivity contribution < 1.29 is 13.2 Å². The Hall–Kier alpha value is -1.03. The third-order valence-electron chi connectivity index (χ3n) is 4.13. The zero-order valence-corrected chi connectivity index (χ0v) is 13.5. The van der Waals surface area contributed by atoms with E-state index in [2.05, 4.69) is 33.0 Å². The van der Waals surface area contributed by atoms with Crippen molar-refractivity contribution in [1.29, 1.82) is 0 Å². The molecule has 2 atom stereocenters. The molecule has 1 aromatic rings. The average Bonchev–Trinajstić information content (AvgIpc) is 2.36. The molecular weight excluding hydrogens is 275 g/mol. The van der Waals surface area contributed by atoms with E-state index in [0.717, 1.165) is 19.0 Å². The van der Waals surface area contributed by atoms with Gasteiger partial charge < -0.3 is 5.32 Å². The maximum absolute atomic E-state index is 12.8. The lowest BCUT2D eigenvalue weighted by Gasteiger charge is -2.31. The molecule has 0 spiro atoms. The Kier molecular flexibility index (Phi) is 5.85. The Labute approximate surface area is 125 Å². The third kappa shape index (κ3) is 5.34. The van der Waals surface area contributed by atoms with Gasteiger partial charge in [0, 0.05) is 6.04 Å². The molecular formula is C17H26F3N. The molecule has 0 aliphatic rings. The van der Waals surface area contributed by atoms with Crippen LogP contribution in [0.5, 0.6) is 0 Å². The maximum atomic E-state index is 12.8. The number of benzene rings is 1. The molecule has 0 saturated carbocycles. The molecule has 1 nitrogen and oxygen atoms in total. The van der Waals surface area contributed by atoms with Crippen molar-refractivity contribution >= 4 is 0 Å². The van der Waals surface area contributed by atoms with Crippen LogP contribution in [0.15, 0.2) is 24.3 Å². The smallest absolute Gasteiger partial charge is 0.310 e. The Balaban J connectivity index is 3.01. The van der Waals surface area contributed by atoms with Crippen LogP contribution in [0.3, 0.4) is 0 Å². The van der Waals surface area contributed by atoms with Crippen molar-refractivity contribution in [3.63, 3.8) is 0 Å². The standard InChI is InChI=1S/C17H26F3N/c1-6-21-15(10-12(2)16(3,4)5)13-8-7-9-14(11-13)17(18,19)20/h7-9,11-12,15,21H,6,10H2,1-5H3. The molecule has 0 amide bonds. The quantitative estimate of drug-likeness (QED) is 0.765. The van der Waals surface area contributed by atoms with Crippen molar-refractivity contribution in [1.82, 2.24) is 5.32 Å². The van der Waals surface area contributed by atoms with Crippen molar-refractivity contribution in [2.75, 3.05) is 6.54 Å². The molecule has 0 bridgehead atoms. The average molecular weight is 301 g/mol. The molecule has 21 heavy (non-hydrogen) atoms. The van der Waals surface area contributed by atoms with Gasteiger partial charge in [0.1, 0.15) is 0 Å². The molecule has 0 radical (unpaired) electrons. The van der Waals surface area contributed by atoms with Crippen LogP contribution >= 0.6 is 0 Å². The molecule has 0 aromatic heterocycles. The molecule has 0 aliphatic carbocycles. The molecule has 1 rings (SSSR count). The van der Waals surface area contributed by atoms with E-state index in [-0.39, 0.29) is 11.5 Å². The lowest BCUT2D eigenvalue weighted by Crippen LogP contribution is -2.27. The van der Waals surface area contributed by atoms with E-state index in [4.69, 9.17) is 0 Å². The van der Waals surface area contributed by atoms with Crippen molar-refractivity contribution in [2.45, 2.75) is 53.3 Å². The van der Waals surface area contributed by atoms with E-state index < -0.39 is 11.7 Å². The summed E-state index contributed by atoms with van der Waals surface area (Å²) in [6.45, 7) is 11.3. The van der Waals surface area contributed by atoms with Gasteiger partial charge in [-0.15, -0.1) is 0 Å². The second kappa shape index (κ2) is 6.82. The predicted octanol–water partition coefficient (Wildman–Crippen LogP) is 5.43. The highest BCUT2D eigenvalue weighted by atomic mass is 19.4. The van der Waals surface area contributed by atoms with Gasteiger partial charge in [-0.1, -0.05) is 46.8 Å². The van der Waals surface area contributed by atoms with Crippen LogP contribution in [-0.2, 0) is 6.18 Å². The number of rotatable bonds is 5. The summed E-state index contributed by atoms with van der Waals surface area (Å²) in [5.74, 6) is 0.399. The minimum atomic E-state index is -4.29. The van der Waals surface area contributed by atoms with E-state index in [1.54, 1.807) is 6.07 Å². The summed E-state index contributed by atoms with van der Waals surface area (Å²) in [7, 11) is 0. The molecule has 4 heteroatoms. The molecule has 0 saturated heterocycles. The first-order valence-electron chi connectivity index (χ1n) is 7.46. The summed E-state index contributed by atoms with van der Waals surface area (Å²) in [6.07, 6.45) is -3.47. The molecule has 0 fully saturated rings. The molecule has 1 aromatic carbocycles. The lowest BCUT2D eigenvalue weighted by atomic mass is 9.77. The topological polar surface area (TPSA) is 12.0 Å². The second-order valence-corrected chi connectivity index (χ2v) is 6.74. The van der Waals surface area contributed by atoms with Crippen LogP contribution < -0.4 is 5.32 Å². The zero-order valence-electron chi connectivity index (χ0n) is 13.5. The SMILES string of the molecule is CCNC(CC(C)C(C)(C)C)c1cccc(C(F)(F)F)c1. The molecule has 120 valence electrons. The van der Waals surface area contributed by atoms with Crippen LogP contribution in [0, 0.1) is 11.3 Å². The van der Waals surface area contributed by atoms with Crippen LogP contribution in [0.1, 0.15) is 58.2 Å². The summed E-state index contributed by atoms with van der Waals surface area (Å²) in [5, 5.41) is 3.31. The van der Waals surface area contributed by atoms with E-state index in [9.17, 15) is 13.2 Å². The number of nitrogens with one attached hydrogen (secondary N) is 1. The zero-order chi connectivity index (χ0) is 16.3. The van der Waals surface area contributed by atoms with Gasteiger partial charge in [-0.2, -0.15) is 13.2 Å². The highest BCUT2D eigenvalue weighted by molar-refractivity contribution is 5.28. The number of alkyl halides is 3. The fraction of sp³-hybridized carbons (Fsp3) is 0.647. The highest BCUT2D eigenvalue weighted by Gasteiger charge is 2.31. The van der Waals surface area contributed by atoms with Crippen LogP contribution in [0.25, 0.3) is 0 Å². The Morgan fingerprint density at radius 1 is 1.14 bits per heavy atom. The van der Waals surface area contributed by atoms with Gasteiger partial charge in [0.2, 0.25) is 0 Å². The van der Waals surface area contributed by atoms with Crippen molar-refractivity contribution in [3.05, 3.63) is 35.4 Å². The van der Waals surface area contributed by atoms with Crippen molar-refractivity contribution in [3.8, 4) is 0 Å². The number of halogens is 3. The van der Waals surface area contributed by atoms with Gasteiger partial charge in [0.05, 0.1) is 5.56 Å². The number of hydrogen-bond donors (Lipinski definition) is 1. The maximum Gasteiger partial charge on any atom is 0.416 e.